The van der Waals surface area contributed by atoms with E-state index in [2.05, 4.69) is 45.5 Å². The number of benzene rings is 1. The molecule has 4 heteroatoms. The van der Waals surface area contributed by atoms with Gasteiger partial charge in [-0.05, 0) is 36.2 Å². The molecule has 0 amide bonds. The van der Waals surface area contributed by atoms with Crippen molar-refractivity contribution in [2.75, 3.05) is 32.8 Å². The molecule has 116 valence electrons. The van der Waals surface area contributed by atoms with Gasteiger partial charge in [-0.1, -0.05) is 18.2 Å². The normalized spacial score (nSPS) is 17.1. The summed E-state index contributed by atoms with van der Waals surface area (Å²) in [7, 11) is 0. The Bertz CT molecular complexity index is 565. The number of hydrogen-bond donors (Lipinski definition) is 1. The molecule has 1 aromatic carbocycles. The number of aromatic nitrogens is 1. The van der Waals surface area contributed by atoms with E-state index in [0.29, 0.717) is 6.61 Å². The highest BCUT2D eigenvalue weighted by atomic mass is 16.5. The second kappa shape index (κ2) is 7.38. The van der Waals surface area contributed by atoms with Crippen LogP contribution in [-0.2, 0) is 0 Å². The molecule has 1 aromatic heterocycles. The van der Waals surface area contributed by atoms with E-state index in [1.807, 2.05) is 25.4 Å². The lowest BCUT2D eigenvalue weighted by Crippen LogP contribution is -2.45. The van der Waals surface area contributed by atoms with Crippen LogP contribution >= 0.6 is 0 Å². The monoisotopic (exact) mass is 297 g/mol. The van der Waals surface area contributed by atoms with Gasteiger partial charge < -0.3 is 10.1 Å². The average Bonchev–Trinajstić information content (AvgIpc) is 2.59. The fourth-order valence-corrected chi connectivity index (χ4v) is 3.01. The van der Waals surface area contributed by atoms with Crippen molar-refractivity contribution in [3.8, 4) is 5.75 Å². The Kier molecular flexibility index (Phi) is 5.03. The molecule has 2 heterocycles. The Labute approximate surface area is 132 Å². The first-order valence-corrected chi connectivity index (χ1v) is 7.96. The largest absolute Gasteiger partial charge is 0.494 e. The Hall–Kier alpha value is -1.91. The van der Waals surface area contributed by atoms with E-state index in [1.165, 1.54) is 11.1 Å². The Morgan fingerprint density at radius 3 is 2.55 bits per heavy atom. The molecule has 22 heavy (non-hydrogen) atoms. The highest BCUT2D eigenvalue weighted by Crippen LogP contribution is 2.29. The highest BCUT2D eigenvalue weighted by molar-refractivity contribution is 5.34. The van der Waals surface area contributed by atoms with Gasteiger partial charge in [0, 0.05) is 38.6 Å². The van der Waals surface area contributed by atoms with Crippen LogP contribution in [0.2, 0.25) is 0 Å². The Morgan fingerprint density at radius 2 is 1.91 bits per heavy atom. The van der Waals surface area contributed by atoms with Gasteiger partial charge in [0.05, 0.1) is 12.6 Å². The summed E-state index contributed by atoms with van der Waals surface area (Å²) in [6.07, 6.45) is 3.81. The lowest BCUT2D eigenvalue weighted by Gasteiger charge is -2.35. The van der Waals surface area contributed by atoms with Gasteiger partial charge in [0.25, 0.3) is 0 Å². The summed E-state index contributed by atoms with van der Waals surface area (Å²) in [6, 6.07) is 12.9. The summed E-state index contributed by atoms with van der Waals surface area (Å²) in [5.41, 5.74) is 2.53. The van der Waals surface area contributed by atoms with Crippen molar-refractivity contribution in [1.82, 2.24) is 15.2 Å². The first kappa shape index (κ1) is 15.0. The molecule has 4 nitrogen and oxygen atoms in total. The van der Waals surface area contributed by atoms with E-state index in [0.717, 1.165) is 31.9 Å². The number of nitrogens with one attached hydrogen (secondary N) is 1. The van der Waals surface area contributed by atoms with Crippen LogP contribution in [0.5, 0.6) is 5.75 Å². The summed E-state index contributed by atoms with van der Waals surface area (Å²) in [4.78, 5) is 6.82. The number of rotatable bonds is 5. The third-order valence-electron chi connectivity index (χ3n) is 4.02. The Balaban J connectivity index is 1.90. The molecule has 0 bridgehead atoms. The second-order valence-corrected chi connectivity index (χ2v) is 5.48. The molecule has 0 spiro atoms. The molecule has 1 atom stereocenters. The third kappa shape index (κ3) is 3.46. The van der Waals surface area contributed by atoms with E-state index in [-0.39, 0.29) is 6.04 Å². The maximum Gasteiger partial charge on any atom is 0.119 e. The molecule has 1 unspecified atom stereocenters. The SMILES string of the molecule is CCOc1ccc(C(c2cccnc2)N2CCNCC2)cc1. The van der Waals surface area contributed by atoms with Gasteiger partial charge in [-0.3, -0.25) is 9.88 Å². The maximum atomic E-state index is 5.56. The minimum Gasteiger partial charge on any atom is -0.494 e. The molecular weight excluding hydrogens is 274 g/mol. The molecule has 1 N–H and O–H groups in total. The van der Waals surface area contributed by atoms with Crippen LogP contribution in [-0.4, -0.2) is 42.7 Å². The summed E-state index contributed by atoms with van der Waals surface area (Å²) < 4.78 is 5.56. The topological polar surface area (TPSA) is 37.4 Å². The smallest absolute Gasteiger partial charge is 0.119 e. The van der Waals surface area contributed by atoms with Crippen LogP contribution in [0.3, 0.4) is 0 Å². The Morgan fingerprint density at radius 1 is 1.14 bits per heavy atom. The second-order valence-electron chi connectivity index (χ2n) is 5.48. The van der Waals surface area contributed by atoms with Crippen molar-refractivity contribution < 1.29 is 4.74 Å². The summed E-state index contributed by atoms with van der Waals surface area (Å²) in [5, 5.41) is 3.42. The molecule has 1 aliphatic heterocycles. The van der Waals surface area contributed by atoms with Crippen molar-refractivity contribution in [3.05, 3.63) is 59.9 Å². The van der Waals surface area contributed by atoms with Crippen molar-refractivity contribution in [1.29, 1.82) is 0 Å². The van der Waals surface area contributed by atoms with Crippen molar-refractivity contribution in [2.24, 2.45) is 0 Å². The van der Waals surface area contributed by atoms with E-state index in [4.69, 9.17) is 4.74 Å². The highest BCUT2D eigenvalue weighted by Gasteiger charge is 2.23. The van der Waals surface area contributed by atoms with Crippen LogP contribution < -0.4 is 10.1 Å². The van der Waals surface area contributed by atoms with Crippen molar-refractivity contribution in [3.63, 3.8) is 0 Å². The fraction of sp³-hybridized carbons (Fsp3) is 0.389. The predicted octanol–water partition coefficient (Wildman–Crippen LogP) is 2.47. The summed E-state index contributed by atoms with van der Waals surface area (Å²) >= 11 is 0. The molecule has 0 saturated carbocycles. The molecule has 1 fully saturated rings. The van der Waals surface area contributed by atoms with Crippen molar-refractivity contribution >= 4 is 0 Å². The van der Waals surface area contributed by atoms with E-state index >= 15 is 0 Å². The zero-order valence-electron chi connectivity index (χ0n) is 13.0. The van der Waals surface area contributed by atoms with Crippen LogP contribution in [0.25, 0.3) is 0 Å². The van der Waals surface area contributed by atoms with Gasteiger partial charge in [0.1, 0.15) is 5.75 Å². The lowest BCUT2D eigenvalue weighted by molar-refractivity contribution is 0.198. The van der Waals surface area contributed by atoms with E-state index in [1.54, 1.807) is 0 Å². The van der Waals surface area contributed by atoms with Gasteiger partial charge in [-0.2, -0.15) is 0 Å². The van der Waals surface area contributed by atoms with Crippen LogP contribution in [0.1, 0.15) is 24.1 Å². The number of piperazine rings is 1. The first-order valence-electron chi connectivity index (χ1n) is 7.96. The number of pyridine rings is 1. The molecule has 3 rings (SSSR count). The minimum atomic E-state index is 0.256. The van der Waals surface area contributed by atoms with Crippen LogP contribution in [0.4, 0.5) is 0 Å². The van der Waals surface area contributed by atoms with Crippen molar-refractivity contribution in [2.45, 2.75) is 13.0 Å². The van der Waals surface area contributed by atoms with Gasteiger partial charge in [-0.15, -0.1) is 0 Å². The first-order chi connectivity index (χ1) is 10.9. The number of ether oxygens (including phenoxy) is 1. The van der Waals surface area contributed by atoms with Crippen LogP contribution in [0, 0.1) is 0 Å². The molecule has 0 aliphatic carbocycles. The number of nitrogens with zero attached hydrogens (tertiary/aromatic N) is 2. The lowest BCUT2D eigenvalue weighted by atomic mass is 9.97. The molecule has 1 saturated heterocycles. The van der Waals surface area contributed by atoms with Gasteiger partial charge in [0.2, 0.25) is 0 Å². The fourth-order valence-electron chi connectivity index (χ4n) is 3.01. The van der Waals surface area contributed by atoms with E-state index in [9.17, 15) is 0 Å². The number of hydrogen-bond acceptors (Lipinski definition) is 4. The summed E-state index contributed by atoms with van der Waals surface area (Å²) in [5.74, 6) is 0.927. The molecule has 1 aliphatic rings. The van der Waals surface area contributed by atoms with Gasteiger partial charge in [0.15, 0.2) is 0 Å². The standard InChI is InChI=1S/C18H23N3O/c1-2-22-17-7-5-15(6-8-17)18(16-4-3-9-20-14-16)21-12-10-19-11-13-21/h3-9,14,18-19H,2,10-13H2,1H3. The van der Waals surface area contributed by atoms with Gasteiger partial charge in [-0.25, -0.2) is 0 Å². The minimum absolute atomic E-state index is 0.256. The zero-order chi connectivity index (χ0) is 15.2. The molecular formula is C18H23N3O. The third-order valence-corrected chi connectivity index (χ3v) is 4.02. The quantitative estimate of drug-likeness (QED) is 0.920. The molecule has 2 aromatic rings. The average molecular weight is 297 g/mol. The predicted molar refractivity (Wildman–Crippen MR) is 88.1 cm³/mol. The van der Waals surface area contributed by atoms with E-state index < -0.39 is 0 Å². The zero-order valence-corrected chi connectivity index (χ0v) is 13.0. The molecule has 0 radical (unpaired) electrons. The van der Waals surface area contributed by atoms with Gasteiger partial charge >= 0.3 is 0 Å². The van der Waals surface area contributed by atoms with Crippen LogP contribution in [0.15, 0.2) is 48.8 Å². The maximum absolute atomic E-state index is 5.56. The summed E-state index contributed by atoms with van der Waals surface area (Å²) in [6.45, 7) is 6.87.